The summed E-state index contributed by atoms with van der Waals surface area (Å²) in [7, 11) is 0. The zero-order chi connectivity index (χ0) is 27.9. The number of amides is 2. The van der Waals surface area contributed by atoms with Gasteiger partial charge in [0.15, 0.2) is 0 Å². The van der Waals surface area contributed by atoms with Gasteiger partial charge in [-0.1, -0.05) is 85.1 Å². The van der Waals surface area contributed by atoms with Crippen molar-refractivity contribution >= 4 is 46.7 Å². The first-order valence-electron chi connectivity index (χ1n) is 12.7. The molecule has 5 rings (SSSR count). The van der Waals surface area contributed by atoms with Crippen LogP contribution in [0.5, 0.6) is 0 Å². The molecule has 0 fully saturated rings. The minimum atomic E-state index is -1.39. The summed E-state index contributed by atoms with van der Waals surface area (Å²) in [4.78, 5) is 42.4. The highest BCUT2D eigenvalue weighted by Gasteiger charge is 2.64. The van der Waals surface area contributed by atoms with Crippen molar-refractivity contribution in [2.45, 2.75) is 44.6 Å². The molecule has 39 heavy (non-hydrogen) atoms. The van der Waals surface area contributed by atoms with Gasteiger partial charge in [-0.05, 0) is 46.9 Å². The topological polar surface area (TPSA) is 83.9 Å². The number of ether oxygens (including phenoxy) is 1. The Balaban J connectivity index is 1.75. The minimum Gasteiger partial charge on any atom is -0.512 e. The van der Waals surface area contributed by atoms with E-state index in [4.69, 9.17) is 27.9 Å². The first kappa shape index (κ1) is 27.0. The van der Waals surface area contributed by atoms with Crippen LogP contribution >= 0.6 is 23.2 Å². The van der Waals surface area contributed by atoms with Gasteiger partial charge in [0, 0.05) is 29.3 Å². The SMILES string of the molecule is CCC1CC(O)=C(C(=O)OCc2ccccc2)C(c2cccc(Cl)c2)C12C(=O)N(C(C)=O)c1cc(Cl)ccc12. The second kappa shape index (κ2) is 10.5. The van der Waals surface area contributed by atoms with Crippen molar-refractivity contribution in [1.82, 2.24) is 0 Å². The molecule has 0 bridgehead atoms. The highest BCUT2D eigenvalue weighted by atomic mass is 35.5. The van der Waals surface area contributed by atoms with Gasteiger partial charge in [0.2, 0.25) is 11.8 Å². The molecule has 0 aromatic heterocycles. The fourth-order valence-corrected chi connectivity index (χ4v) is 6.55. The van der Waals surface area contributed by atoms with Crippen molar-refractivity contribution in [2.24, 2.45) is 5.92 Å². The highest BCUT2D eigenvalue weighted by molar-refractivity contribution is 6.32. The van der Waals surface area contributed by atoms with Gasteiger partial charge in [-0.2, -0.15) is 0 Å². The highest BCUT2D eigenvalue weighted by Crippen LogP contribution is 2.61. The number of fused-ring (bicyclic) bond motifs is 2. The molecule has 0 saturated carbocycles. The molecular formula is C31H27Cl2NO5. The fraction of sp³-hybridized carbons (Fsp3) is 0.258. The maximum atomic E-state index is 14.6. The first-order chi connectivity index (χ1) is 18.7. The number of rotatable bonds is 5. The summed E-state index contributed by atoms with van der Waals surface area (Å²) in [6.45, 7) is 3.23. The lowest BCUT2D eigenvalue weighted by Crippen LogP contribution is -2.54. The van der Waals surface area contributed by atoms with E-state index in [0.717, 1.165) is 10.5 Å². The van der Waals surface area contributed by atoms with Crippen molar-refractivity contribution in [2.75, 3.05) is 4.90 Å². The molecule has 3 atom stereocenters. The number of allylic oxidation sites excluding steroid dienone is 1. The van der Waals surface area contributed by atoms with Crippen LogP contribution in [0.2, 0.25) is 10.0 Å². The molecule has 3 aromatic rings. The number of benzene rings is 3. The van der Waals surface area contributed by atoms with Crippen molar-refractivity contribution in [3.63, 3.8) is 0 Å². The average molecular weight is 564 g/mol. The molecule has 1 heterocycles. The van der Waals surface area contributed by atoms with Crippen LogP contribution < -0.4 is 4.90 Å². The molecule has 1 spiro atoms. The smallest absolute Gasteiger partial charge is 0.338 e. The Hall–Kier alpha value is -3.61. The minimum absolute atomic E-state index is 0.0113. The molecule has 0 radical (unpaired) electrons. The lowest BCUT2D eigenvalue weighted by Gasteiger charge is -2.46. The van der Waals surface area contributed by atoms with Crippen LogP contribution in [-0.4, -0.2) is 22.9 Å². The molecular weight excluding hydrogens is 537 g/mol. The Morgan fingerprint density at radius 2 is 1.74 bits per heavy atom. The Kier molecular flexibility index (Phi) is 7.27. The van der Waals surface area contributed by atoms with Crippen LogP contribution in [-0.2, 0) is 31.1 Å². The van der Waals surface area contributed by atoms with Crippen LogP contribution in [0.4, 0.5) is 5.69 Å². The number of hydrogen-bond donors (Lipinski definition) is 1. The van der Waals surface area contributed by atoms with Gasteiger partial charge in [-0.3, -0.25) is 9.59 Å². The Morgan fingerprint density at radius 1 is 1.03 bits per heavy atom. The van der Waals surface area contributed by atoms with Gasteiger partial charge in [0.25, 0.3) is 0 Å². The molecule has 1 aliphatic heterocycles. The number of carbonyl (C=O) groups is 3. The third-order valence-corrected chi connectivity index (χ3v) is 8.23. The van der Waals surface area contributed by atoms with E-state index in [1.807, 2.05) is 37.3 Å². The number of anilines is 1. The van der Waals surface area contributed by atoms with E-state index in [2.05, 4.69) is 0 Å². The molecule has 3 aromatic carbocycles. The maximum absolute atomic E-state index is 14.6. The first-order valence-corrected chi connectivity index (χ1v) is 13.5. The van der Waals surface area contributed by atoms with Crippen molar-refractivity contribution in [3.05, 3.63) is 111 Å². The number of imide groups is 1. The molecule has 2 amide bonds. The Bertz CT molecular complexity index is 1500. The third kappa shape index (κ3) is 4.42. The van der Waals surface area contributed by atoms with Crippen LogP contribution in [0.25, 0.3) is 0 Å². The summed E-state index contributed by atoms with van der Waals surface area (Å²) >= 11 is 12.7. The molecule has 200 valence electrons. The normalized spacial score (nSPS) is 22.3. The Morgan fingerprint density at radius 3 is 2.41 bits per heavy atom. The number of esters is 1. The number of aliphatic hydroxyl groups excluding tert-OH is 1. The van der Waals surface area contributed by atoms with Crippen LogP contribution in [0.1, 0.15) is 49.3 Å². The van der Waals surface area contributed by atoms with Gasteiger partial charge >= 0.3 is 5.97 Å². The van der Waals surface area contributed by atoms with Gasteiger partial charge in [0.05, 0.1) is 16.7 Å². The van der Waals surface area contributed by atoms with Crippen molar-refractivity contribution in [1.29, 1.82) is 0 Å². The van der Waals surface area contributed by atoms with Crippen LogP contribution in [0.15, 0.2) is 84.1 Å². The van der Waals surface area contributed by atoms with Gasteiger partial charge in [-0.15, -0.1) is 0 Å². The third-order valence-electron chi connectivity index (χ3n) is 7.76. The Labute approximate surface area is 236 Å². The summed E-state index contributed by atoms with van der Waals surface area (Å²) in [5, 5.41) is 12.1. The maximum Gasteiger partial charge on any atom is 0.338 e. The van der Waals surface area contributed by atoms with Gasteiger partial charge < -0.3 is 9.84 Å². The largest absolute Gasteiger partial charge is 0.512 e. The molecule has 0 saturated heterocycles. The fourth-order valence-electron chi connectivity index (χ4n) is 6.19. The number of nitrogens with zero attached hydrogens (tertiary/aromatic N) is 1. The van der Waals surface area contributed by atoms with E-state index in [9.17, 15) is 19.5 Å². The second-order valence-corrected chi connectivity index (χ2v) is 10.8. The van der Waals surface area contributed by atoms with E-state index < -0.39 is 35.0 Å². The summed E-state index contributed by atoms with van der Waals surface area (Å²) < 4.78 is 5.71. The van der Waals surface area contributed by atoms with Crippen LogP contribution in [0.3, 0.4) is 0 Å². The number of aliphatic hydroxyl groups is 1. The molecule has 1 aliphatic carbocycles. The molecule has 2 aliphatic rings. The van der Waals surface area contributed by atoms with E-state index in [0.29, 0.717) is 33.3 Å². The monoisotopic (exact) mass is 563 g/mol. The predicted molar refractivity (Wildman–Crippen MR) is 150 cm³/mol. The van der Waals surface area contributed by atoms with E-state index in [1.165, 1.54) is 6.92 Å². The second-order valence-electron chi connectivity index (χ2n) is 9.91. The van der Waals surface area contributed by atoms with E-state index in [1.54, 1.807) is 42.5 Å². The lowest BCUT2D eigenvalue weighted by atomic mass is 9.54. The molecule has 1 N–H and O–H groups in total. The quantitative estimate of drug-likeness (QED) is 0.341. The van der Waals surface area contributed by atoms with E-state index in [-0.39, 0.29) is 24.4 Å². The average Bonchev–Trinajstić information content (AvgIpc) is 3.16. The van der Waals surface area contributed by atoms with Crippen molar-refractivity contribution in [3.8, 4) is 0 Å². The summed E-state index contributed by atoms with van der Waals surface area (Å²) in [6.07, 6.45) is 0.551. The standard InChI is InChI=1S/C31H27Cl2NO5/c1-3-21-15-26(36)27(29(37)39-17-19-8-5-4-6-9-19)28(20-10-7-11-22(32)14-20)31(21)24-13-12-23(33)16-25(24)34(18(2)35)30(31)38/h4-14,16,21,28,36H,3,15,17H2,1-2H3. The number of halogens is 2. The van der Waals surface area contributed by atoms with Crippen molar-refractivity contribution < 1.29 is 24.2 Å². The molecule has 6 nitrogen and oxygen atoms in total. The summed E-state index contributed by atoms with van der Waals surface area (Å²) in [5.74, 6) is -3.23. The van der Waals surface area contributed by atoms with Gasteiger partial charge in [0.1, 0.15) is 12.4 Å². The summed E-state index contributed by atoms with van der Waals surface area (Å²) in [5.41, 5.74) is 0.879. The van der Waals surface area contributed by atoms with E-state index >= 15 is 0 Å². The zero-order valence-corrected chi connectivity index (χ0v) is 23.0. The summed E-state index contributed by atoms with van der Waals surface area (Å²) in [6, 6.07) is 21.1. The van der Waals surface area contributed by atoms with Crippen LogP contribution in [0, 0.1) is 5.92 Å². The predicted octanol–water partition coefficient (Wildman–Crippen LogP) is 6.89. The number of hydrogen-bond acceptors (Lipinski definition) is 5. The zero-order valence-electron chi connectivity index (χ0n) is 21.5. The lowest BCUT2D eigenvalue weighted by molar-refractivity contribution is -0.141. The molecule has 8 heteroatoms. The number of carbonyl (C=O) groups excluding carboxylic acids is 3. The van der Waals surface area contributed by atoms with Gasteiger partial charge in [-0.25, -0.2) is 9.69 Å². The molecule has 3 unspecified atom stereocenters.